The molecule has 9 nitrogen and oxygen atoms in total. The van der Waals surface area contributed by atoms with Gasteiger partial charge in [0.15, 0.2) is 0 Å². The Morgan fingerprint density at radius 2 is 1.84 bits per heavy atom. The fourth-order valence-corrected chi connectivity index (χ4v) is 3.12. The van der Waals surface area contributed by atoms with Gasteiger partial charge in [0.25, 0.3) is 11.8 Å². The number of nitrogens with one attached hydrogen (secondary N) is 2. The Labute approximate surface area is 187 Å². The van der Waals surface area contributed by atoms with Crippen LogP contribution in [-0.4, -0.2) is 42.0 Å². The molecule has 0 aliphatic heterocycles. The quantitative estimate of drug-likeness (QED) is 0.405. The van der Waals surface area contributed by atoms with Gasteiger partial charge in [-0.3, -0.25) is 14.4 Å². The van der Waals surface area contributed by atoms with Crippen molar-refractivity contribution in [2.45, 2.75) is 52.6 Å². The molecule has 2 aromatic heterocycles. The average molecular weight is 446 g/mol. The highest BCUT2D eigenvalue weighted by atomic mass is 16.5. The number of unbranched alkanes of at least 4 members (excludes halogenated alkanes) is 1. The number of aromatic nitrogens is 1. The lowest BCUT2D eigenvalue weighted by Crippen LogP contribution is -2.47. The first kappa shape index (κ1) is 24.9. The summed E-state index contributed by atoms with van der Waals surface area (Å²) >= 11 is 0. The fraction of sp³-hybridized carbons (Fsp3) is 0.478. The number of methoxy groups -OCH3 is 1. The summed E-state index contributed by atoms with van der Waals surface area (Å²) in [5.41, 5.74) is -1.10. The van der Waals surface area contributed by atoms with Crippen molar-refractivity contribution in [1.82, 2.24) is 15.2 Å². The van der Waals surface area contributed by atoms with Gasteiger partial charge in [-0.25, -0.2) is 4.79 Å². The molecule has 0 saturated carbocycles. The van der Waals surface area contributed by atoms with Crippen LogP contribution in [0.5, 0.6) is 0 Å². The zero-order valence-corrected chi connectivity index (χ0v) is 19.0. The van der Waals surface area contributed by atoms with Gasteiger partial charge >= 0.3 is 5.97 Å². The monoisotopic (exact) mass is 445 g/mol. The highest BCUT2D eigenvalue weighted by Gasteiger charge is 2.29. The minimum Gasteiger partial charge on any atom is -0.467 e. The third kappa shape index (κ3) is 6.32. The predicted molar refractivity (Wildman–Crippen MR) is 118 cm³/mol. The Morgan fingerprint density at radius 3 is 2.41 bits per heavy atom. The number of hydrogen-bond acceptors (Lipinski definition) is 6. The normalized spacial score (nSPS) is 12.6. The van der Waals surface area contributed by atoms with Crippen LogP contribution in [-0.2, 0) is 16.1 Å². The summed E-state index contributed by atoms with van der Waals surface area (Å²) in [5, 5.41) is 5.31. The molecular formula is C23H31N3O6. The summed E-state index contributed by atoms with van der Waals surface area (Å²) in [7, 11) is 1.24. The highest BCUT2D eigenvalue weighted by Crippen LogP contribution is 2.11. The Hall–Kier alpha value is -3.36. The van der Waals surface area contributed by atoms with E-state index in [-0.39, 0.29) is 23.6 Å². The van der Waals surface area contributed by atoms with Gasteiger partial charge in [0, 0.05) is 18.9 Å². The first-order chi connectivity index (χ1) is 15.3. The van der Waals surface area contributed by atoms with Gasteiger partial charge in [-0.05, 0) is 24.5 Å². The second-order valence-electron chi connectivity index (χ2n) is 7.64. The number of pyridine rings is 1. The van der Waals surface area contributed by atoms with Crippen molar-refractivity contribution in [2.24, 2.45) is 5.92 Å². The van der Waals surface area contributed by atoms with Crippen molar-refractivity contribution < 1.29 is 23.5 Å². The topological polar surface area (TPSA) is 120 Å². The van der Waals surface area contributed by atoms with Gasteiger partial charge in [0.1, 0.15) is 22.9 Å². The number of furan rings is 1. The van der Waals surface area contributed by atoms with E-state index in [0.29, 0.717) is 18.7 Å². The molecule has 0 fully saturated rings. The smallest absolute Gasteiger partial charge is 0.328 e. The maximum absolute atomic E-state index is 13.0. The summed E-state index contributed by atoms with van der Waals surface area (Å²) in [5.74, 6) is -1.53. The highest BCUT2D eigenvalue weighted by molar-refractivity contribution is 6.00. The summed E-state index contributed by atoms with van der Waals surface area (Å²) in [6.45, 7) is 6.30. The van der Waals surface area contributed by atoms with Crippen molar-refractivity contribution in [3.05, 3.63) is 57.9 Å². The molecule has 2 rings (SSSR count). The van der Waals surface area contributed by atoms with Gasteiger partial charge in [-0.15, -0.1) is 0 Å². The van der Waals surface area contributed by atoms with E-state index in [2.05, 4.69) is 10.6 Å². The number of rotatable bonds is 11. The summed E-state index contributed by atoms with van der Waals surface area (Å²) < 4.78 is 11.7. The maximum atomic E-state index is 13.0. The molecule has 174 valence electrons. The van der Waals surface area contributed by atoms with Crippen molar-refractivity contribution in [1.29, 1.82) is 0 Å². The number of ether oxygens (including phenoxy) is 1. The van der Waals surface area contributed by atoms with Gasteiger partial charge in [0.05, 0.1) is 19.9 Å². The summed E-state index contributed by atoms with van der Waals surface area (Å²) in [4.78, 5) is 50.9. The Balaban J connectivity index is 2.43. The third-order valence-electron chi connectivity index (χ3n) is 5.26. The van der Waals surface area contributed by atoms with E-state index in [1.807, 2.05) is 13.8 Å². The second kappa shape index (κ2) is 11.9. The number of hydrogen-bond donors (Lipinski definition) is 2. The molecule has 2 N–H and O–H groups in total. The molecule has 0 aliphatic carbocycles. The van der Waals surface area contributed by atoms with Crippen LogP contribution >= 0.6 is 0 Å². The lowest BCUT2D eigenvalue weighted by Gasteiger charge is -2.22. The molecule has 0 unspecified atom stereocenters. The fourth-order valence-electron chi connectivity index (χ4n) is 3.12. The van der Waals surface area contributed by atoms with Crippen molar-refractivity contribution in [3.8, 4) is 0 Å². The van der Waals surface area contributed by atoms with Crippen LogP contribution in [0.3, 0.4) is 0 Å². The molecule has 0 aromatic carbocycles. The van der Waals surface area contributed by atoms with Crippen LogP contribution in [0, 0.1) is 5.92 Å². The van der Waals surface area contributed by atoms with E-state index in [4.69, 9.17) is 9.15 Å². The van der Waals surface area contributed by atoms with Crippen LogP contribution in [0.4, 0.5) is 0 Å². The maximum Gasteiger partial charge on any atom is 0.328 e. The number of nitrogens with zero attached hydrogens (tertiary/aromatic N) is 1. The largest absolute Gasteiger partial charge is 0.467 e. The average Bonchev–Trinajstić information content (AvgIpc) is 3.30. The lowest BCUT2D eigenvalue weighted by molar-refractivity contribution is -0.144. The first-order valence-electron chi connectivity index (χ1n) is 10.8. The van der Waals surface area contributed by atoms with E-state index >= 15 is 0 Å². The minimum atomic E-state index is -0.919. The second-order valence-corrected chi connectivity index (χ2v) is 7.64. The zero-order valence-electron chi connectivity index (χ0n) is 19.0. The molecule has 32 heavy (non-hydrogen) atoms. The van der Waals surface area contributed by atoms with E-state index in [0.717, 1.165) is 12.8 Å². The summed E-state index contributed by atoms with van der Waals surface area (Å²) in [6.07, 6.45) is 6.53. The van der Waals surface area contributed by atoms with Gasteiger partial charge in [-0.2, -0.15) is 0 Å². The molecule has 2 heterocycles. The van der Waals surface area contributed by atoms with E-state index < -0.39 is 29.3 Å². The SMILES string of the molecule is CCCCNC(=O)c1cn(Cc2ccco2)cc(C(=O)N[C@H](C(=O)OC)[C@@H](C)CC)c1=O. The number of esters is 1. The molecule has 0 spiro atoms. The number of carbonyl (C=O) groups excluding carboxylic acids is 3. The van der Waals surface area contributed by atoms with Gasteiger partial charge in [0.2, 0.25) is 5.43 Å². The Morgan fingerprint density at radius 1 is 1.16 bits per heavy atom. The van der Waals surface area contributed by atoms with Crippen LogP contribution in [0.15, 0.2) is 40.0 Å². The molecule has 2 amide bonds. The van der Waals surface area contributed by atoms with Gasteiger partial charge < -0.3 is 24.4 Å². The van der Waals surface area contributed by atoms with Crippen LogP contribution in [0.25, 0.3) is 0 Å². The third-order valence-corrected chi connectivity index (χ3v) is 5.26. The lowest BCUT2D eigenvalue weighted by atomic mass is 9.98. The molecule has 2 aromatic rings. The molecule has 0 radical (unpaired) electrons. The molecular weight excluding hydrogens is 414 g/mol. The number of amides is 2. The van der Waals surface area contributed by atoms with Crippen molar-refractivity contribution in [3.63, 3.8) is 0 Å². The summed E-state index contributed by atoms with van der Waals surface area (Å²) in [6, 6.07) is 2.55. The molecule has 0 bridgehead atoms. The van der Waals surface area contributed by atoms with Crippen molar-refractivity contribution >= 4 is 17.8 Å². The van der Waals surface area contributed by atoms with Crippen LogP contribution in [0.1, 0.15) is 66.5 Å². The van der Waals surface area contributed by atoms with E-state index in [1.165, 1.54) is 25.8 Å². The first-order valence-corrected chi connectivity index (χ1v) is 10.8. The van der Waals surface area contributed by atoms with Gasteiger partial charge in [-0.1, -0.05) is 33.6 Å². The standard InChI is InChI=1S/C23H31N3O6/c1-5-7-10-24-21(28)17-13-26(12-16-9-8-11-32-16)14-18(20(17)27)22(29)25-19(15(3)6-2)23(30)31-4/h8-9,11,13-15,19H,5-7,10,12H2,1-4H3,(H,24,28)(H,25,29)/t15-,19-/m0/s1. The number of carbonyl (C=O) groups is 3. The minimum absolute atomic E-state index is 0.154. The van der Waals surface area contributed by atoms with Crippen molar-refractivity contribution in [2.75, 3.05) is 13.7 Å². The Bertz CT molecular complexity index is 980. The molecule has 0 saturated heterocycles. The van der Waals surface area contributed by atoms with E-state index in [1.54, 1.807) is 23.6 Å². The van der Waals surface area contributed by atoms with Crippen LogP contribution < -0.4 is 16.1 Å². The Kier molecular flexibility index (Phi) is 9.24. The van der Waals surface area contributed by atoms with E-state index in [9.17, 15) is 19.2 Å². The zero-order chi connectivity index (χ0) is 23.7. The van der Waals surface area contributed by atoms with Crippen LogP contribution in [0.2, 0.25) is 0 Å². The molecule has 9 heteroatoms. The molecule has 0 aliphatic rings. The predicted octanol–water partition coefficient (Wildman–Crippen LogP) is 2.34. The molecule has 2 atom stereocenters.